The molecule has 2 aromatic carbocycles. The lowest BCUT2D eigenvalue weighted by atomic mass is 9.93. The van der Waals surface area contributed by atoms with Gasteiger partial charge in [-0.1, -0.05) is 88.2 Å². The van der Waals surface area contributed by atoms with E-state index in [0.29, 0.717) is 11.8 Å². The normalized spacial score (nSPS) is 15.8. The highest BCUT2D eigenvalue weighted by molar-refractivity contribution is 5.81. The van der Waals surface area contributed by atoms with Gasteiger partial charge in [0.25, 0.3) is 0 Å². The fraction of sp³-hybridized carbons (Fsp3) is 0.417. The summed E-state index contributed by atoms with van der Waals surface area (Å²) in [6, 6.07) is 16.0. The third-order valence-electron chi connectivity index (χ3n) is 5.68. The minimum Gasteiger partial charge on any atom is -0.0654 e. The van der Waals surface area contributed by atoms with Gasteiger partial charge in [-0.05, 0) is 58.9 Å². The fourth-order valence-corrected chi connectivity index (χ4v) is 3.81. The van der Waals surface area contributed by atoms with Crippen LogP contribution >= 0.6 is 0 Å². The Balaban J connectivity index is 1.93. The Labute approximate surface area is 147 Å². The molecular weight excluding hydrogens is 288 g/mol. The molecule has 0 saturated carbocycles. The van der Waals surface area contributed by atoms with Crippen molar-refractivity contribution in [3.8, 4) is 11.1 Å². The molecule has 0 bridgehead atoms. The van der Waals surface area contributed by atoms with Gasteiger partial charge in [-0.25, -0.2) is 0 Å². The third-order valence-corrected chi connectivity index (χ3v) is 5.68. The van der Waals surface area contributed by atoms with Gasteiger partial charge in [-0.3, -0.25) is 0 Å². The molecule has 0 radical (unpaired) electrons. The van der Waals surface area contributed by atoms with E-state index in [9.17, 15) is 0 Å². The molecule has 0 heteroatoms. The Morgan fingerprint density at radius 2 is 1.67 bits per heavy atom. The van der Waals surface area contributed by atoms with Crippen molar-refractivity contribution in [3.63, 3.8) is 0 Å². The lowest BCUT2D eigenvalue weighted by Gasteiger charge is -2.12. The first-order valence-electron chi connectivity index (χ1n) is 9.56. The molecule has 126 valence electrons. The van der Waals surface area contributed by atoms with Gasteiger partial charge >= 0.3 is 0 Å². The summed E-state index contributed by atoms with van der Waals surface area (Å²) in [4.78, 5) is 0. The van der Waals surface area contributed by atoms with Crippen molar-refractivity contribution in [1.29, 1.82) is 0 Å². The molecule has 0 N–H and O–H groups in total. The molecule has 0 saturated heterocycles. The molecule has 2 aromatic rings. The van der Waals surface area contributed by atoms with Crippen LogP contribution < -0.4 is 0 Å². The average Bonchev–Trinajstić information content (AvgIpc) is 3.06. The second-order valence-corrected chi connectivity index (χ2v) is 7.40. The number of hydrogen-bond acceptors (Lipinski definition) is 0. The molecule has 0 fully saturated rings. The third kappa shape index (κ3) is 3.34. The largest absolute Gasteiger partial charge is 0.0654 e. The molecule has 0 aromatic heterocycles. The zero-order chi connectivity index (χ0) is 17.1. The van der Waals surface area contributed by atoms with E-state index in [1.165, 1.54) is 47.1 Å². The number of benzene rings is 2. The highest BCUT2D eigenvalue weighted by Crippen LogP contribution is 2.37. The number of fused-ring (bicyclic) bond motifs is 1. The van der Waals surface area contributed by atoms with Gasteiger partial charge in [0, 0.05) is 0 Å². The van der Waals surface area contributed by atoms with Crippen molar-refractivity contribution in [2.75, 3.05) is 0 Å². The maximum Gasteiger partial charge on any atom is -0.00549 e. The van der Waals surface area contributed by atoms with Crippen LogP contribution in [-0.4, -0.2) is 0 Å². The summed E-state index contributed by atoms with van der Waals surface area (Å²) in [5.74, 6) is 1.34. The maximum absolute atomic E-state index is 2.47. The van der Waals surface area contributed by atoms with Crippen LogP contribution in [0.3, 0.4) is 0 Å². The molecule has 0 aliphatic heterocycles. The topological polar surface area (TPSA) is 0 Å². The zero-order valence-corrected chi connectivity index (χ0v) is 15.6. The zero-order valence-electron chi connectivity index (χ0n) is 15.6. The Hall–Kier alpha value is -1.82. The Morgan fingerprint density at radius 1 is 0.917 bits per heavy atom. The summed E-state index contributed by atoms with van der Waals surface area (Å²) in [7, 11) is 0. The van der Waals surface area contributed by atoms with Gasteiger partial charge in [0.1, 0.15) is 0 Å². The first-order chi connectivity index (χ1) is 11.6. The lowest BCUT2D eigenvalue weighted by Crippen LogP contribution is -1.98. The Bertz CT molecular complexity index is 718. The molecule has 3 rings (SSSR count). The molecule has 1 aliphatic rings. The van der Waals surface area contributed by atoms with Gasteiger partial charge in [0.15, 0.2) is 0 Å². The monoisotopic (exact) mass is 318 g/mol. The smallest absolute Gasteiger partial charge is 0.00549 e. The summed E-state index contributed by atoms with van der Waals surface area (Å²) in [5, 5.41) is 0. The van der Waals surface area contributed by atoms with Crippen LogP contribution in [-0.2, 0) is 6.42 Å². The van der Waals surface area contributed by atoms with E-state index in [1.807, 2.05) is 0 Å². The van der Waals surface area contributed by atoms with Crippen molar-refractivity contribution >= 4 is 6.08 Å². The van der Waals surface area contributed by atoms with Gasteiger partial charge < -0.3 is 0 Å². The predicted octanol–water partition coefficient (Wildman–Crippen LogP) is 7.24. The molecule has 1 aliphatic carbocycles. The minimum absolute atomic E-state index is 0.641. The summed E-state index contributed by atoms with van der Waals surface area (Å²) in [5.41, 5.74) is 8.74. The quantitative estimate of drug-likeness (QED) is 0.526. The van der Waals surface area contributed by atoms with E-state index >= 15 is 0 Å². The lowest BCUT2D eigenvalue weighted by molar-refractivity contribution is 0.596. The van der Waals surface area contributed by atoms with Crippen molar-refractivity contribution in [2.24, 2.45) is 5.92 Å². The SMILES string of the molecule is CCCC(C)C1=Cc2c(cccc2-c2ccc(C(C)CC)cc2)C1. The molecule has 2 atom stereocenters. The van der Waals surface area contributed by atoms with E-state index in [4.69, 9.17) is 0 Å². The number of rotatable bonds is 6. The second-order valence-electron chi connectivity index (χ2n) is 7.40. The molecule has 0 spiro atoms. The van der Waals surface area contributed by atoms with Crippen LogP contribution in [0.15, 0.2) is 48.0 Å². The molecule has 0 heterocycles. The molecule has 24 heavy (non-hydrogen) atoms. The van der Waals surface area contributed by atoms with Crippen molar-refractivity contribution < 1.29 is 0 Å². The average molecular weight is 319 g/mol. The van der Waals surface area contributed by atoms with E-state index < -0.39 is 0 Å². The molecular formula is C24H30. The maximum atomic E-state index is 2.47. The molecule has 0 amide bonds. The van der Waals surface area contributed by atoms with Crippen molar-refractivity contribution in [1.82, 2.24) is 0 Å². The summed E-state index contributed by atoms with van der Waals surface area (Å²) < 4.78 is 0. The van der Waals surface area contributed by atoms with E-state index in [1.54, 1.807) is 5.57 Å². The molecule has 0 nitrogen and oxygen atoms in total. The summed E-state index contributed by atoms with van der Waals surface area (Å²) in [6.07, 6.45) is 7.35. The number of hydrogen-bond donors (Lipinski definition) is 0. The number of allylic oxidation sites excluding steroid dienone is 1. The van der Waals surface area contributed by atoms with Gasteiger partial charge in [0.05, 0.1) is 0 Å². The highest BCUT2D eigenvalue weighted by Gasteiger charge is 2.19. The Morgan fingerprint density at radius 3 is 2.33 bits per heavy atom. The standard InChI is InChI=1S/C24H30/c1-5-8-18(4)22-15-21-9-7-10-23(24(21)16-22)20-13-11-19(12-14-20)17(3)6-2/h7,9-14,16-18H,5-6,8,15H2,1-4H3. The predicted molar refractivity (Wildman–Crippen MR) is 106 cm³/mol. The van der Waals surface area contributed by atoms with E-state index in [-0.39, 0.29) is 0 Å². The minimum atomic E-state index is 0.641. The van der Waals surface area contributed by atoms with E-state index in [0.717, 1.165) is 6.42 Å². The summed E-state index contributed by atoms with van der Waals surface area (Å²) >= 11 is 0. The van der Waals surface area contributed by atoms with Gasteiger partial charge in [0.2, 0.25) is 0 Å². The first-order valence-corrected chi connectivity index (χ1v) is 9.56. The van der Waals surface area contributed by atoms with E-state index in [2.05, 4.69) is 76.2 Å². The van der Waals surface area contributed by atoms with Crippen LogP contribution in [0.25, 0.3) is 17.2 Å². The van der Waals surface area contributed by atoms with Crippen molar-refractivity contribution in [2.45, 2.75) is 59.3 Å². The summed E-state index contributed by atoms with van der Waals surface area (Å²) in [6.45, 7) is 9.22. The van der Waals surface area contributed by atoms with Crippen LogP contribution in [0.2, 0.25) is 0 Å². The van der Waals surface area contributed by atoms with Crippen LogP contribution in [0.1, 0.15) is 69.6 Å². The first kappa shape index (κ1) is 17.0. The van der Waals surface area contributed by atoms with Gasteiger partial charge in [-0.2, -0.15) is 0 Å². The highest BCUT2D eigenvalue weighted by atomic mass is 14.2. The van der Waals surface area contributed by atoms with Gasteiger partial charge in [-0.15, -0.1) is 0 Å². The Kier molecular flexibility index (Phi) is 5.23. The fourth-order valence-electron chi connectivity index (χ4n) is 3.81. The van der Waals surface area contributed by atoms with Crippen LogP contribution in [0.4, 0.5) is 0 Å². The second kappa shape index (κ2) is 7.38. The molecule has 2 unspecified atom stereocenters. The van der Waals surface area contributed by atoms with Crippen LogP contribution in [0, 0.1) is 5.92 Å². The van der Waals surface area contributed by atoms with Crippen molar-refractivity contribution in [3.05, 3.63) is 64.7 Å². The van der Waals surface area contributed by atoms with Crippen LogP contribution in [0.5, 0.6) is 0 Å².